The number of carbonyl (C=O) groups excluding carboxylic acids is 2. The molecule has 1 aromatic rings. The molecule has 7 heteroatoms. The lowest BCUT2D eigenvalue weighted by atomic mass is 10.2. The van der Waals surface area contributed by atoms with Crippen molar-refractivity contribution in [3.8, 4) is 0 Å². The molecular formula is C12H18N2O4S. The summed E-state index contributed by atoms with van der Waals surface area (Å²) in [6, 6.07) is 2.74. The summed E-state index contributed by atoms with van der Waals surface area (Å²) in [7, 11) is 0. The van der Waals surface area contributed by atoms with E-state index < -0.39 is 6.04 Å². The van der Waals surface area contributed by atoms with E-state index in [9.17, 15) is 9.59 Å². The van der Waals surface area contributed by atoms with Crippen LogP contribution < -0.4 is 5.32 Å². The van der Waals surface area contributed by atoms with E-state index in [2.05, 4.69) is 5.32 Å². The van der Waals surface area contributed by atoms with Gasteiger partial charge in [0.1, 0.15) is 6.04 Å². The zero-order chi connectivity index (χ0) is 14.3. The predicted octanol–water partition coefficient (Wildman–Crippen LogP) is -0.320. The summed E-state index contributed by atoms with van der Waals surface area (Å²) in [5.74, 6) is -0.628. The molecule has 1 heterocycles. The van der Waals surface area contributed by atoms with Crippen molar-refractivity contribution in [3.05, 3.63) is 22.4 Å². The number of thiophene rings is 1. The topological polar surface area (TPSA) is 89.9 Å². The first-order valence-electron chi connectivity index (χ1n) is 5.95. The maximum absolute atomic E-state index is 12.0. The number of nitrogens with one attached hydrogen (secondary N) is 1. The summed E-state index contributed by atoms with van der Waals surface area (Å²) < 4.78 is 0. The number of amides is 2. The van der Waals surface area contributed by atoms with Crippen molar-refractivity contribution < 1.29 is 19.8 Å². The molecule has 0 aliphatic rings. The van der Waals surface area contributed by atoms with Gasteiger partial charge in [-0.1, -0.05) is 6.07 Å². The second-order valence-electron chi connectivity index (χ2n) is 3.94. The lowest BCUT2D eigenvalue weighted by molar-refractivity contribution is -0.133. The Morgan fingerprint density at radius 1 is 1.37 bits per heavy atom. The monoisotopic (exact) mass is 286 g/mol. The molecule has 19 heavy (non-hydrogen) atoms. The largest absolute Gasteiger partial charge is 0.395 e. The van der Waals surface area contributed by atoms with E-state index in [1.807, 2.05) is 0 Å². The van der Waals surface area contributed by atoms with Crippen LogP contribution in [0.15, 0.2) is 17.5 Å². The predicted molar refractivity (Wildman–Crippen MR) is 72.0 cm³/mol. The van der Waals surface area contributed by atoms with Gasteiger partial charge in [0.25, 0.3) is 5.91 Å². The smallest absolute Gasteiger partial charge is 0.261 e. The fraction of sp³-hybridized carbons (Fsp3) is 0.500. The van der Waals surface area contributed by atoms with Crippen molar-refractivity contribution in [3.63, 3.8) is 0 Å². The second-order valence-corrected chi connectivity index (χ2v) is 4.89. The van der Waals surface area contributed by atoms with E-state index in [1.165, 1.54) is 16.2 Å². The molecule has 3 N–H and O–H groups in total. The average molecular weight is 286 g/mol. The first-order chi connectivity index (χ1) is 9.10. The minimum absolute atomic E-state index is 0.138. The Morgan fingerprint density at radius 2 is 2.00 bits per heavy atom. The lowest BCUT2D eigenvalue weighted by Crippen LogP contribution is -2.48. The Labute approximate surface area is 115 Å². The van der Waals surface area contributed by atoms with Crippen LogP contribution in [-0.2, 0) is 4.79 Å². The standard InChI is InChI=1S/C12H18N2O4S/c1-9(12(18)14(4-6-15)5-7-16)13-11(17)10-3-2-8-19-10/h2-3,8-9,15-16H,4-7H2,1H3,(H,13,17). The van der Waals surface area contributed by atoms with Crippen molar-refractivity contribution in [2.45, 2.75) is 13.0 Å². The van der Waals surface area contributed by atoms with E-state index >= 15 is 0 Å². The molecule has 1 atom stereocenters. The Hall–Kier alpha value is -1.44. The highest BCUT2D eigenvalue weighted by Crippen LogP contribution is 2.08. The Balaban J connectivity index is 2.57. The lowest BCUT2D eigenvalue weighted by Gasteiger charge is -2.24. The van der Waals surface area contributed by atoms with Gasteiger partial charge < -0.3 is 20.4 Å². The van der Waals surface area contributed by atoms with Crippen LogP contribution in [0.2, 0.25) is 0 Å². The van der Waals surface area contributed by atoms with Crippen LogP contribution in [0.4, 0.5) is 0 Å². The summed E-state index contributed by atoms with van der Waals surface area (Å²) in [5, 5.41) is 22.1. The maximum atomic E-state index is 12.0. The maximum Gasteiger partial charge on any atom is 0.261 e. The molecule has 1 rings (SSSR count). The highest BCUT2D eigenvalue weighted by molar-refractivity contribution is 7.12. The van der Waals surface area contributed by atoms with Gasteiger partial charge in [0.2, 0.25) is 5.91 Å². The zero-order valence-corrected chi connectivity index (χ0v) is 11.5. The molecule has 1 aromatic heterocycles. The molecule has 0 fully saturated rings. The van der Waals surface area contributed by atoms with Crippen LogP contribution in [0.1, 0.15) is 16.6 Å². The SMILES string of the molecule is CC(NC(=O)c1cccs1)C(=O)N(CCO)CCO. The number of rotatable bonds is 7. The van der Waals surface area contributed by atoms with Crippen LogP contribution in [0.5, 0.6) is 0 Å². The number of nitrogens with zero attached hydrogens (tertiary/aromatic N) is 1. The van der Waals surface area contributed by atoms with Gasteiger partial charge in [-0.2, -0.15) is 0 Å². The molecule has 0 aliphatic heterocycles. The third-order valence-electron chi connectivity index (χ3n) is 2.51. The first-order valence-corrected chi connectivity index (χ1v) is 6.83. The third-order valence-corrected chi connectivity index (χ3v) is 3.38. The van der Waals surface area contributed by atoms with Gasteiger partial charge in [0, 0.05) is 13.1 Å². The minimum Gasteiger partial charge on any atom is -0.395 e. The fourth-order valence-electron chi connectivity index (χ4n) is 1.58. The zero-order valence-electron chi connectivity index (χ0n) is 10.7. The van der Waals surface area contributed by atoms with Crippen molar-refractivity contribution in [1.29, 1.82) is 0 Å². The summed E-state index contributed by atoms with van der Waals surface area (Å²) >= 11 is 1.30. The minimum atomic E-state index is -0.701. The molecule has 0 spiro atoms. The molecular weight excluding hydrogens is 268 g/mol. The van der Waals surface area contributed by atoms with Crippen LogP contribution in [-0.4, -0.2) is 59.3 Å². The van der Waals surface area contributed by atoms with Gasteiger partial charge in [-0.15, -0.1) is 11.3 Å². The quantitative estimate of drug-likeness (QED) is 0.641. The van der Waals surface area contributed by atoms with E-state index in [0.717, 1.165) is 0 Å². The van der Waals surface area contributed by atoms with Crippen molar-refractivity contribution in [2.75, 3.05) is 26.3 Å². The molecule has 106 valence electrons. The second kappa shape index (κ2) is 7.88. The molecule has 0 aliphatic carbocycles. The molecule has 6 nitrogen and oxygen atoms in total. The third kappa shape index (κ3) is 4.62. The summed E-state index contributed by atoms with van der Waals surface area (Å²) in [5.41, 5.74) is 0. The molecule has 0 saturated heterocycles. The summed E-state index contributed by atoms with van der Waals surface area (Å²) in [6.07, 6.45) is 0. The average Bonchev–Trinajstić information content (AvgIpc) is 2.91. The van der Waals surface area contributed by atoms with Crippen molar-refractivity contribution >= 4 is 23.2 Å². The molecule has 0 aromatic carbocycles. The van der Waals surface area contributed by atoms with Crippen molar-refractivity contribution in [2.24, 2.45) is 0 Å². The van der Waals surface area contributed by atoms with E-state index in [0.29, 0.717) is 4.88 Å². The Bertz CT molecular complexity index is 402. The van der Waals surface area contributed by atoms with Gasteiger partial charge in [-0.25, -0.2) is 0 Å². The Kier molecular flexibility index (Phi) is 6.48. The van der Waals surface area contributed by atoms with Crippen molar-refractivity contribution in [1.82, 2.24) is 10.2 Å². The summed E-state index contributed by atoms with van der Waals surface area (Å²) in [4.78, 5) is 25.7. The summed E-state index contributed by atoms with van der Waals surface area (Å²) in [6.45, 7) is 1.49. The molecule has 2 amide bonds. The van der Waals surface area contributed by atoms with Gasteiger partial charge in [0.15, 0.2) is 0 Å². The number of aliphatic hydroxyl groups is 2. The van der Waals surface area contributed by atoms with E-state index in [4.69, 9.17) is 10.2 Å². The van der Waals surface area contributed by atoms with Gasteiger partial charge in [-0.05, 0) is 18.4 Å². The Morgan fingerprint density at radius 3 is 2.47 bits per heavy atom. The molecule has 0 bridgehead atoms. The number of carbonyl (C=O) groups is 2. The molecule has 0 radical (unpaired) electrons. The number of hydrogen-bond donors (Lipinski definition) is 3. The highest BCUT2D eigenvalue weighted by Gasteiger charge is 2.22. The van der Waals surface area contributed by atoms with E-state index in [-0.39, 0.29) is 38.1 Å². The van der Waals surface area contributed by atoms with Gasteiger partial charge in [-0.3, -0.25) is 9.59 Å². The first kappa shape index (κ1) is 15.6. The van der Waals surface area contributed by atoms with Crippen LogP contribution in [0.3, 0.4) is 0 Å². The van der Waals surface area contributed by atoms with Crippen LogP contribution in [0, 0.1) is 0 Å². The molecule has 0 saturated carbocycles. The fourth-order valence-corrected chi connectivity index (χ4v) is 2.21. The van der Waals surface area contributed by atoms with Gasteiger partial charge >= 0.3 is 0 Å². The van der Waals surface area contributed by atoms with Gasteiger partial charge in [0.05, 0.1) is 18.1 Å². The highest BCUT2D eigenvalue weighted by atomic mass is 32.1. The van der Waals surface area contributed by atoms with Crippen LogP contribution >= 0.6 is 11.3 Å². The molecule has 1 unspecified atom stereocenters. The van der Waals surface area contributed by atoms with E-state index in [1.54, 1.807) is 24.4 Å². The number of aliphatic hydroxyl groups excluding tert-OH is 2. The normalized spacial score (nSPS) is 11.9. The van der Waals surface area contributed by atoms with Crippen LogP contribution in [0.25, 0.3) is 0 Å². The number of hydrogen-bond acceptors (Lipinski definition) is 5.